The number of nitrogens with zero attached hydrogens (tertiary/aromatic N) is 4. The number of aromatic nitrogens is 4. The van der Waals surface area contributed by atoms with Gasteiger partial charge in [0.1, 0.15) is 18.3 Å². The van der Waals surface area contributed by atoms with E-state index in [-0.39, 0.29) is 17.1 Å². The molecule has 3 heterocycles. The average molecular weight is 518 g/mol. The van der Waals surface area contributed by atoms with Crippen molar-refractivity contribution in [1.29, 1.82) is 0 Å². The minimum atomic E-state index is -6.10. The van der Waals surface area contributed by atoms with Crippen LogP contribution >= 0.6 is 23.3 Å². The van der Waals surface area contributed by atoms with Gasteiger partial charge in [0.2, 0.25) is 5.95 Å². The number of hydrogen-bond acceptors (Lipinski definition) is 15. The van der Waals surface area contributed by atoms with Crippen LogP contribution in [0.25, 0.3) is 11.2 Å². The Balaban J connectivity index is 1.77. The number of fused-ring (bicyclic) bond motifs is 1. The van der Waals surface area contributed by atoms with Gasteiger partial charge in [0.25, 0.3) is 5.56 Å². The number of aliphatic hydroxyl groups excluding tert-OH is 2. The summed E-state index contributed by atoms with van der Waals surface area (Å²) in [5.74, 6) is -0.287. The van der Waals surface area contributed by atoms with Crippen LogP contribution in [0.5, 0.6) is 0 Å². The molecule has 22 heteroatoms. The van der Waals surface area contributed by atoms with E-state index in [1.807, 2.05) is 0 Å². The van der Waals surface area contributed by atoms with Crippen LogP contribution in [0.3, 0.4) is 0 Å². The molecule has 0 spiro atoms. The van der Waals surface area contributed by atoms with Crippen LogP contribution in [-0.4, -0.2) is 59.5 Å². The quantitative estimate of drug-likeness (QED) is 0.214. The largest absolute Gasteiger partial charge is 0.806 e. The molecule has 2 aromatic rings. The summed E-state index contributed by atoms with van der Waals surface area (Å²) in [6, 6.07) is 0. The molecule has 3 rings (SSSR count). The van der Waals surface area contributed by atoms with Crippen molar-refractivity contribution in [2.24, 2.45) is 4.52 Å². The molecule has 1 aliphatic rings. The average Bonchev–Trinajstić information content (AvgIpc) is 3.12. The van der Waals surface area contributed by atoms with Gasteiger partial charge >= 0.3 is 7.75 Å². The van der Waals surface area contributed by atoms with Gasteiger partial charge in [-0.2, -0.15) is 4.98 Å². The van der Waals surface area contributed by atoms with Gasteiger partial charge < -0.3 is 54.0 Å². The molecule has 1 aliphatic heterocycles. The summed E-state index contributed by atoms with van der Waals surface area (Å²) in [6.07, 6.45) is -5.43. The molecule has 180 valence electrons. The van der Waals surface area contributed by atoms with E-state index in [9.17, 15) is 48.6 Å². The van der Waals surface area contributed by atoms with Crippen LogP contribution in [0.4, 0.5) is 5.95 Å². The van der Waals surface area contributed by atoms with Gasteiger partial charge in [-0.05, 0) is 7.74 Å². The zero-order valence-corrected chi connectivity index (χ0v) is 17.9. The highest BCUT2D eigenvalue weighted by Gasteiger charge is 2.45. The minimum absolute atomic E-state index is 0.129. The summed E-state index contributed by atoms with van der Waals surface area (Å²) < 4.78 is 38.1. The molecule has 0 aliphatic carbocycles. The molecule has 1 saturated heterocycles. The SMILES string of the molecule is Nc1nc2c(ncn2[C@@H]2O[C@H](COP(=O)(O)N=P([O-])([O-])OP(=O)([O-])[O-])[C@@H](O)[C@H]2O)c(=O)[nH]1. The Morgan fingerprint density at radius 2 is 1.94 bits per heavy atom. The molecule has 0 amide bonds. The van der Waals surface area contributed by atoms with Gasteiger partial charge in [0, 0.05) is 0 Å². The molecular formula is C10H13N6O13P3-4. The number of nitrogens with two attached hydrogens (primary N) is 1. The lowest BCUT2D eigenvalue weighted by molar-refractivity contribution is -0.357. The Morgan fingerprint density at radius 1 is 1.28 bits per heavy atom. The third-order valence-electron chi connectivity index (χ3n) is 3.89. The normalized spacial score (nSPS) is 26.3. The first kappa shape index (κ1) is 25.1. The summed E-state index contributed by atoms with van der Waals surface area (Å²) in [5, 5.41) is 20.4. The zero-order valence-electron chi connectivity index (χ0n) is 15.2. The fraction of sp³-hybridized carbons (Fsp3) is 0.500. The number of aromatic amines is 1. The second kappa shape index (κ2) is 8.66. The highest BCUT2D eigenvalue weighted by molar-refractivity contribution is 7.65. The summed E-state index contributed by atoms with van der Waals surface area (Å²) in [7, 11) is -17.6. The van der Waals surface area contributed by atoms with Crippen molar-refractivity contribution in [3.05, 3.63) is 16.7 Å². The predicted molar refractivity (Wildman–Crippen MR) is 92.3 cm³/mol. The number of H-pyrrole nitrogens is 1. The zero-order chi connectivity index (χ0) is 24.1. The lowest BCUT2D eigenvalue weighted by atomic mass is 10.1. The van der Waals surface area contributed by atoms with Crippen LogP contribution in [0.1, 0.15) is 6.23 Å². The fourth-order valence-corrected chi connectivity index (χ4v) is 5.79. The van der Waals surface area contributed by atoms with Crippen molar-refractivity contribution in [3.8, 4) is 0 Å². The second-order valence-corrected chi connectivity index (χ2v) is 10.6. The highest BCUT2D eigenvalue weighted by Crippen LogP contribution is 2.57. The van der Waals surface area contributed by atoms with Crippen molar-refractivity contribution in [3.63, 3.8) is 0 Å². The molecule has 19 nitrogen and oxygen atoms in total. The Kier molecular flexibility index (Phi) is 6.78. The Morgan fingerprint density at radius 3 is 2.56 bits per heavy atom. The molecule has 0 aromatic carbocycles. The number of phosphoric acid groups is 1. The van der Waals surface area contributed by atoms with Crippen molar-refractivity contribution in [1.82, 2.24) is 19.5 Å². The number of imidazole rings is 1. The van der Waals surface area contributed by atoms with Crippen LogP contribution in [-0.2, 0) is 22.7 Å². The smallest absolute Gasteiger partial charge is 0.449 e. The number of ether oxygens (including phenoxy) is 1. The van der Waals surface area contributed by atoms with E-state index in [1.165, 1.54) is 0 Å². The van der Waals surface area contributed by atoms with Crippen molar-refractivity contribution >= 4 is 40.4 Å². The molecule has 0 bridgehead atoms. The Labute approximate surface area is 176 Å². The number of nitrogen functional groups attached to an aromatic ring is 1. The Hall–Kier alpha value is -1.56. The van der Waals surface area contributed by atoms with E-state index in [0.29, 0.717) is 0 Å². The predicted octanol–water partition coefficient (Wildman–Crippen LogP) is -5.05. The van der Waals surface area contributed by atoms with Crippen LogP contribution in [0, 0.1) is 0 Å². The second-order valence-electron chi connectivity index (χ2n) is 6.19. The molecular weight excluding hydrogens is 505 g/mol. The van der Waals surface area contributed by atoms with Crippen molar-refractivity contribution in [2.75, 3.05) is 12.3 Å². The summed E-state index contributed by atoms with van der Waals surface area (Å²) in [6.45, 7) is -1.04. The number of nitrogens with one attached hydrogen (secondary N) is 1. The molecule has 32 heavy (non-hydrogen) atoms. The third-order valence-corrected chi connectivity index (χ3v) is 7.79. The summed E-state index contributed by atoms with van der Waals surface area (Å²) in [5.41, 5.74) is 4.45. The van der Waals surface area contributed by atoms with E-state index in [0.717, 1.165) is 10.9 Å². The molecule has 1 unspecified atom stereocenters. The van der Waals surface area contributed by atoms with Gasteiger partial charge in [-0.15, -0.1) is 0 Å². The fourth-order valence-electron chi connectivity index (χ4n) is 2.70. The number of aliphatic hydroxyl groups is 2. The van der Waals surface area contributed by atoms with Gasteiger partial charge in [0.05, 0.1) is 20.8 Å². The maximum Gasteiger partial charge on any atom is 0.449 e. The van der Waals surface area contributed by atoms with Gasteiger partial charge in [-0.1, -0.05) is 0 Å². The molecule has 2 aromatic heterocycles. The van der Waals surface area contributed by atoms with Gasteiger partial charge in [-0.3, -0.25) is 18.9 Å². The first-order valence-corrected chi connectivity index (χ1v) is 12.6. The lowest BCUT2D eigenvalue weighted by Crippen LogP contribution is -2.33. The molecule has 6 N–H and O–H groups in total. The van der Waals surface area contributed by atoms with Gasteiger partial charge in [0.15, 0.2) is 17.4 Å². The molecule has 0 radical (unpaired) electrons. The van der Waals surface area contributed by atoms with E-state index in [4.69, 9.17) is 10.5 Å². The summed E-state index contributed by atoms with van der Waals surface area (Å²) >= 11 is 0. The number of anilines is 1. The van der Waals surface area contributed by atoms with E-state index < -0.39 is 60.0 Å². The first-order valence-electron chi connectivity index (χ1n) is 8.09. The molecule has 5 atom stereocenters. The Bertz CT molecular complexity index is 1220. The number of hydrogen-bond donors (Lipinski definition) is 5. The summed E-state index contributed by atoms with van der Waals surface area (Å²) in [4.78, 5) is 74.3. The topological polar surface area (TPSA) is 317 Å². The van der Waals surface area contributed by atoms with Crippen LogP contribution in [0.2, 0.25) is 0 Å². The van der Waals surface area contributed by atoms with Crippen molar-refractivity contribution in [2.45, 2.75) is 24.5 Å². The number of rotatable bonds is 7. The van der Waals surface area contributed by atoms with Crippen LogP contribution in [0.15, 0.2) is 15.6 Å². The molecule has 0 saturated carbocycles. The van der Waals surface area contributed by atoms with E-state index in [1.54, 1.807) is 0 Å². The van der Waals surface area contributed by atoms with Crippen molar-refractivity contribution < 1.29 is 57.4 Å². The standard InChI is InChI=1S/C10H15N6O13P3/c11-10-13-7-4(8(19)14-10)12-2-16(7)9-6(18)5(17)3(28-9)1-27-30(20,21)15-31(22,23)29-32(24,25)26/h2-3,5-6,9,17-18H,1H2,(H6-2,11,13,14,19,20,21,22,23,24,25,26)/q-2/p-2/t3-,5-,6-,9-/m1/s1. The minimum Gasteiger partial charge on any atom is -0.806 e. The van der Waals surface area contributed by atoms with Gasteiger partial charge in [-0.25, -0.2) is 14.1 Å². The van der Waals surface area contributed by atoms with E-state index >= 15 is 0 Å². The highest BCUT2D eigenvalue weighted by atomic mass is 31.3. The molecule has 1 fully saturated rings. The van der Waals surface area contributed by atoms with E-state index in [2.05, 4.69) is 28.3 Å². The lowest BCUT2D eigenvalue weighted by Gasteiger charge is -2.44. The third kappa shape index (κ3) is 5.67. The van der Waals surface area contributed by atoms with Crippen LogP contribution < -0.4 is 30.9 Å². The maximum atomic E-state index is 11.8. The first-order chi connectivity index (χ1) is 14.6. The monoisotopic (exact) mass is 518 g/mol. The maximum absolute atomic E-state index is 11.8.